The van der Waals surface area contributed by atoms with E-state index in [9.17, 15) is 4.39 Å². The fourth-order valence-corrected chi connectivity index (χ4v) is 3.13. The second kappa shape index (κ2) is 8.74. The van der Waals surface area contributed by atoms with E-state index in [1.165, 1.54) is 17.1 Å². The van der Waals surface area contributed by atoms with E-state index >= 15 is 0 Å². The van der Waals surface area contributed by atoms with Gasteiger partial charge in [-0.25, -0.2) is 4.98 Å². The summed E-state index contributed by atoms with van der Waals surface area (Å²) in [5.41, 5.74) is 3.03. The van der Waals surface area contributed by atoms with Crippen molar-refractivity contribution < 1.29 is 4.39 Å². The molecule has 0 fully saturated rings. The molecule has 0 aliphatic heterocycles. The lowest BCUT2D eigenvalue weighted by Gasteiger charge is -2.22. The van der Waals surface area contributed by atoms with E-state index in [4.69, 9.17) is 0 Å². The Kier molecular flexibility index (Phi) is 6.14. The molecule has 1 aromatic carbocycles. The first-order valence-electron chi connectivity index (χ1n) is 8.79. The molecule has 3 aromatic rings. The molecule has 2 aromatic heterocycles. The van der Waals surface area contributed by atoms with Gasteiger partial charge in [0, 0.05) is 41.9 Å². The number of nitrogens with zero attached hydrogens (tertiary/aromatic N) is 2. The predicted octanol–water partition coefficient (Wildman–Crippen LogP) is 3.70. The zero-order valence-electron chi connectivity index (χ0n) is 14.6. The van der Waals surface area contributed by atoms with Gasteiger partial charge in [-0.1, -0.05) is 24.3 Å². The molecule has 0 aliphatic carbocycles. The standard InChI is InChI=1S/C20H25FN4/c1-22-10-4-5-12-25(14-16-7-6-11-23-20(16)21)15-17-13-24-19-9-3-2-8-18(17)19/h2-3,6-9,11,13,22,24H,4-5,10,12,14-15H2,1H3. The first-order chi connectivity index (χ1) is 12.3. The molecule has 132 valence electrons. The highest BCUT2D eigenvalue weighted by molar-refractivity contribution is 5.82. The summed E-state index contributed by atoms with van der Waals surface area (Å²) in [4.78, 5) is 9.40. The van der Waals surface area contributed by atoms with Gasteiger partial charge in [-0.3, -0.25) is 4.90 Å². The van der Waals surface area contributed by atoms with Crippen molar-refractivity contribution in [3.63, 3.8) is 0 Å². The largest absolute Gasteiger partial charge is 0.361 e. The number of fused-ring (bicyclic) bond motifs is 1. The molecule has 0 atom stereocenters. The van der Waals surface area contributed by atoms with Crippen LogP contribution in [-0.4, -0.2) is 35.0 Å². The van der Waals surface area contributed by atoms with Crippen LogP contribution in [0.15, 0.2) is 48.8 Å². The van der Waals surface area contributed by atoms with E-state index in [0.717, 1.165) is 38.0 Å². The Morgan fingerprint density at radius 2 is 1.92 bits per heavy atom. The van der Waals surface area contributed by atoms with Crippen LogP contribution in [0.3, 0.4) is 0 Å². The number of para-hydroxylation sites is 1. The summed E-state index contributed by atoms with van der Waals surface area (Å²) >= 11 is 0. The summed E-state index contributed by atoms with van der Waals surface area (Å²) in [6.45, 7) is 3.29. The Bertz CT molecular complexity index is 799. The van der Waals surface area contributed by atoms with Crippen LogP contribution in [0, 0.1) is 5.95 Å². The van der Waals surface area contributed by atoms with Crippen LogP contribution in [0.25, 0.3) is 10.9 Å². The molecular formula is C20H25FN4. The number of halogens is 1. The number of H-pyrrole nitrogens is 1. The highest BCUT2D eigenvalue weighted by Gasteiger charge is 2.13. The van der Waals surface area contributed by atoms with Crippen molar-refractivity contribution in [2.45, 2.75) is 25.9 Å². The number of nitrogens with one attached hydrogen (secondary N) is 2. The van der Waals surface area contributed by atoms with E-state index in [1.807, 2.05) is 19.2 Å². The summed E-state index contributed by atoms with van der Waals surface area (Å²) in [5.74, 6) is -0.373. The lowest BCUT2D eigenvalue weighted by atomic mass is 10.1. The maximum Gasteiger partial charge on any atom is 0.217 e. The van der Waals surface area contributed by atoms with E-state index < -0.39 is 0 Å². The van der Waals surface area contributed by atoms with Gasteiger partial charge < -0.3 is 10.3 Å². The van der Waals surface area contributed by atoms with Crippen LogP contribution in [-0.2, 0) is 13.1 Å². The minimum atomic E-state index is -0.373. The number of aromatic nitrogens is 2. The molecule has 0 amide bonds. The van der Waals surface area contributed by atoms with Gasteiger partial charge in [0.1, 0.15) is 0 Å². The lowest BCUT2D eigenvalue weighted by Crippen LogP contribution is -2.25. The second-order valence-electron chi connectivity index (χ2n) is 6.33. The van der Waals surface area contributed by atoms with Crippen molar-refractivity contribution in [3.05, 3.63) is 65.9 Å². The van der Waals surface area contributed by atoms with E-state index in [-0.39, 0.29) is 5.95 Å². The average Bonchev–Trinajstić information content (AvgIpc) is 3.03. The van der Waals surface area contributed by atoms with Crippen molar-refractivity contribution in [2.75, 3.05) is 20.1 Å². The Balaban J connectivity index is 1.74. The minimum Gasteiger partial charge on any atom is -0.361 e. The fourth-order valence-electron chi connectivity index (χ4n) is 3.13. The van der Waals surface area contributed by atoms with Crippen LogP contribution >= 0.6 is 0 Å². The first kappa shape index (κ1) is 17.6. The molecule has 2 heterocycles. The van der Waals surface area contributed by atoms with Gasteiger partial charge in [0.25, 0.3) is 0 Å². The average molecular weight is 340 g/mol. The van der Waals surface area contributed by atoms with Crippen molar-refractivity contribution in [1.82, 2.24) is 20.2 Å². The monoisotopic (exact) mass is 340 g/mol. The molecule has 0 saturated carbocycles. The number of pyridine rings is 1. The lowest BCUT2D eigenvalue weighted by molar-refractivity contribution is 0.247. The van der Waals surface area contributed by atoms with Gasteiger partial charge in [0.15, 0.2) is 0 Å². The van der Waals surface area contributed by atoms with Crippen LogP contribution in [0.2, 0.25) is 0 Å². The molecule has 0 saturated heterocycles. The van der Waals surface area contributed by atoms with Crippen molar-refractivity contribution >= 4 is 10.9 Å². The molecule has 4 nitrogen and oxygen atoms in total. The van der Waals surface area contributed by atoms with Gasteiger partial charge in [0.05, 0.1) is 0 Å². The Hall–Kier alpha value is -2.24. The summed E-state index contributed by atoms with van der Waals surface area (Å²) in [6, 6.07) is 11.9. The number of hydrogen-bond acceptors (Lipinski definition) is 3. The topological polar surface area (TPSA) is 44.0 Å². The molecule has 3 rings (SSSR count). The molecule has 0 aliphatic rings. The number of benzene rings is 1. The normalized spacial score (nSPS) is 11.5. The first-order valence-corrected chi connectivity index (χ1v) is 8.79. The van der Waals surface area contributed by atoms with E-state index in [2.05, 4.69) is 44.6 Å². The highest BCUT2D eigenvalue weighted by Crippen LogP contribution is 2.21. The van der Waals surface area contributed by atoms with Gasteiger partial charge in [0.2, 0.25) is 5.95 Å². The van der Waals surface area contributed by atoms with Gasteiger partial charge in [-0.05, 0) is 50.7 Å². The highest BCUT2D eigenvalue weighted by atomic mass is 19.1. The smallest absolute Gasteiger partial charge is 0.217 e. The maximum atomic E-state index is 14.0. The van der Waals surface area contributed by atoms with Crippen LogP contribution in [0.4, 0.5) is 4.39 Å². The third-order valence-electron chi connectivity index (χ3n) is 4.45. The van der Waals surface area contributed by atoms with Gasteiger partial charge in [-0.2, -0.15) is 4.39 Å². The maximum absolute atomic E-state index is 14.0. The molecule has 0 unspecified atom stereocenters. The zero-order chi connectivity index (χ0) is 17.5. The van der Waals surface area contributed by atoms with Crippen LogP contribution < -0.4 is 5.32 Å². The van der Waals surface area contributed by atoms with Crippen molar-refractivity contribution in [2.24, 2.45) is 0 Å². The molecule has 0 radical (unpaired) electrons. The quantitative estimate of drug-likeness (QED) is 0.461. The van der Waals surface area contributed by atoms with Gasteiger partial charge >= 0.3 is 0 Å². The van der Waals surface area contributed by atoms with E-state index in [1.54, 1.807) is 6.07 Å². The number of unbranched alkanes of at least 4 members (excludes halogenated alkanes) is 1. The summed E-state index contributed by atoms with van der Waals surface area (Å²) < 4.78 is 14.0. The van der Waals surface area contributed by atoms with Crippen LogP contribution in [0.5, 0.6) is 0 Å². The summed E-state index contributed by atoms with van der Waals surface area (Å²) in [7, 11) is 1.97. The molecular weight excluding hydrogens is 315 g/mol. The van der Waals surface area contributed by atoms with Crippen molar-refractivity contribution in [3.8, 4) is 0 Å². The Labute approximate surface area is 148 Å². The second-order valence-corrected chi connectivity index (χ2v) is 6.33. The van der Waals surface area contributed by atoms with Gasteiger partial charge in [-0.15, -0.1) is 0 Å². The van der Waals surface area contributed by atoms with Crippen LogP contribution in [0.1, 0.15) is 24.0 Å². The zero-order valence-corrected chi connectivity index (χ0v) is 14.6. The summed E-state index contributed by atoms with van der Waals surface area (Å²) in [6.07, 6.45) is 5.74. The predicted molar refractivity (Wildman–Crippen MR) is 99.8 cm³/mol. The van der Waals surface area contributed by atoms with E-state index in [0.29, 0.717) is 12.1 Å². The molecule has 0 spiro atoms. The number of aromatic amines is 1. The third kappa shape index (κ3) is 4.65. The molecule has 25 heavy (non-hydrogen) atoms. The number of rotatable bonds is 9. The SMILES string of the molecule is CNCCCCN(Cc1cccnc1F)Cc1c[nH]c2ccccc12. The Morgan fingerprint density at radius 1 is 1.08 bits per heavy atom. The van der Waals surface area contributed by atoms with Crippen molar-refractivity contribution in [1.29, 1.82) is 0 Å². The molecule has 0 bridgehead atoms. The fraction of sp³-hybridized carbons (Fsp3) is 0.350. The molecule has 2 N–H and O–H groups in total. The Morgan fingerprint density at radius 3 is 2.76 bits per heavy atom. The minimum absolute atomic E-state index is 0.373. The summed E-state index contributed by atoms with van der Waals surface area (Å²) in [5, 5.41) is 4.41. The molecule has 5 heteroatoms. The number of hydrogen-bond donors (Lipinski definition) is 2. The third-order valence-corrected chi connectivity index (χ3v) is 4.45.